The number of hydrogen-bond acceptors (Lipinski definition) is 5. The molecule has 0 spiro atoms. The molecule has 0 aliphatic carbocycles. The molecule has 1 fully saturated rings. The third kappa shape index (κ3) is 4.02. The number of aromatic nitrogens is 2. The number of carbonyl (C=O) groups is 1. The summed E-state index contributed by atoms with van der Waals surface area (Å²) in [6.45, 7) is 6.36. The first kappa shape index (κ1) is 18.9. The van der Waals surface area contributed by atoms with E-state index in [0.29, 0.717) is 0 Å². The standard InChI is InChI=1S/C22H28N4O2/c1-15-6-8-18(9-7-15)28-16(2)22(27)26-12-4-3-5-20(26)21-24-14-17-13-23-11-10-19(17)25-21/h6-9,14,16,20,23H,3-5,10-13H2,1-2H3/t16-,20-/m1/s1. The highest BCUT2D eigenvalue weighted by atomic mass is 16.5. The second-order valence-corrected chi connectivity index (χ2v) is 7.74. The summed E-state index contributed by atoms with van der Waals surface area (Å²) in [7, 11) is 0. The summed E-state index contributed by atoms with van der Waals surface area (Å²) in [5, 5.41) is 3.35. The lowest BCUT2D eigenvalue weighted by Crippen LogP contribution is -2.45. The van der Waals surface area contributed by atoms with Crippen LogP contribution in [0.2, 0.25) is 0 Å². The van der Waals surface area contributed by atoms with Crippen LogP contribution in [-0.4, -0.2) is 40.0 Å². The summed E-state index contributed by atoms with van der Waals surface area (Å²) >= 11 is 0. The number of rotatable bonds is 4. The van der Waals surface area contributed by atoms with Crippen LogP contribution in [0.1, 0.15) is 54.9 Å². The summed E-state index contributed by atoms with van der Waals surface area (Å²) < 4.78 is 5.92. The normalized spacial score (nSPS) is 20.4. The molecule has 1 saturated heterocycles. The van der Waals surface area contributed by atoms with Crippen molar-refractivity contribution in [1.82, 2.24) is 20.2 Å². The van der Waals surface area contributed by atoms with E-state index in [0.717, 1.165) is 62.6 Å². The topological polar surface area (TPSA) is 67.3 Å². The lowest BCUT2D eigenvalue weighted by Gasteiger charge is -2.36. The van der Waals surface area contributed by atoms with Gasteiger partial charge in [0.2, 0.25) is 0 Å². The number of benzene rings is 1. The van der Waals surface area contributed by atoms with E-state index >= 15 is 0 Å². The molecule has 0 saturated carbocycles. The molecule has 28 heavy (non-hydrogen) atoms. The van der Waals surface area contributed by atoms with Gasteiger partial charge >= 0.3 is 0 Å². The number of fused-ring (bicyclic) bond motifs is 1. The lowest BCUT2D eigenvalue weighted by molar-refractivity contribution is -0.142. The molecule has 6 nitrogen and oxygen atoms in total. The Morgan fingerprint density at radius 1 is 1.29 bits per heavy atom. The molecular formula is C22H28N4O2. The van der Waals surface area contributed by atoms with Gasteiger partial charge in [-0.25, -0.2) is 9.97 Å². The molecule has 3 heterocycles. The number of amides is 1. The molecule has 2 atom stereocenters. The maximum absolute atomic E-state index is 13.2. The van der Waals surface area contributed by atoms with Crippen molar-refractivity contribution in [2.24, 2.45) is 0 Å². The molecule has 1 N–H and O–H groups in total. The second-order valence-electron chi connectivity index (χ2n) is 7.74. The molecule has 6 heteroatoms. The van der Waals surface area contributed by atoms with Crippen molar-refractivity contribution in [3.63, 3.8) is 0 Å². The molecule has 0 unspecified atom stereocenters. The fraction of sp³-hybridized carbons (Fsp3) is 0.500. The Labute approximate surface area is 166 Å². The van der Waals surface area contributed by atoms with Gasteiger partial charge in [-0.2, -0.15) is 0 Å². The van der Waals surface area contributed by atoms with Crippen molar-refractivity contribution in [2.75, 3.05) is 13.1 Å². The Morgan fingerprint density at radius 3 is 2.93 bits per heavy atom. The summed E-state index contributed by atoms with van der Waals surface area (Å²) in [4.78, 5) is 24.6. The highest BCUT2D eigenvalue weighted by Crippen LogP contribution is 2.30. The number of carbonyl (C=O) groups excluding carboxylic acids is 1. The van der Waals surface area contributed by atoms with Gasteiger partial charge in [-0.15, -0.1) is 0 Å². The van der Waals surface area contributed by atoms with Gasteiger partial charge < -0.3 is 15.0 Å². The fourth-order valence-corrected chi connectivity index (χ4v) is 3.98. The third-order valence-corrected chi connectivity index (χ3v) is 5.59. The van der Waals surface area contributed by atoms with Gasteiger partial charge in [-0.1, -0.05) is 17.7 Å². The van der Waals surface area contributed by atoms with Crippen LogP contribution in [0.3, 0.4) is 0 Å². The highest BCUT2D eigenvalue weighted by Gasteiger charge is 2.33. The molecule has 0 radical (unpaired) electrons. The van der Waals surface area contributed by atoms with Gasteiger partial charge in [0, 0.05) is 43.5 Å². The first-order chi connectivity index (χ1) is 13.6. The van der Waals surface area contributed by atoms with Crippen molar-refractivity contribution >= 4 is 5.91 Å². The van der Waals surface area contributed by atoms with Crippen molar-refractivity contribution in [1.29, 1.82) is 0 Å². The summed E-state index contributed by atoms with van der Waals surface area (Å²) in [6.07, 6.45) is 5.30. The monoisotopic (exact) mass is 380 g/mol. The summed E-state index contributed by atoms with van der Waals surface area (Å²) in [6, 6.07) is 7.74. The van der Waals surface area contributed by atoms with Crippen molar-refractivity contribution in [3.05, 3.63) is 53.1 Å². The number of nitrogens with one attached hydrogen (secondary N) is 1. The van der Waals surface area contributed by atoms with E-state index in [9.17, 15) is 4.79 Å². The van der Waals surface area contributed by atoms with Crippen molar-refractivity contribution in [3.8, 4) is 5.75 Å². The summed E-state index contributed by atoms with van der Waals surface area (Å²) in [5.41, 5.74) is 3.45. The Bertz CT molecular complexity index is 837. The number of piperidine rings is 1. The number of aryl methyl sites for hydroxylation is 1. The quantitative estimate of drug-likeness (QED) is 0.883. The summed E-state index contributed by atoms with van der Waals surface area (Å²) in [5.74, 6) is 1.50. The molecule has 1 amide bonds. The zero-order valence-corrected chi connectivity index (χ0v) is 16.6. The largest absolute Gasteiger partial charge is 0.481 e. The maximum atomic E-state index is 13.2. The van der Waals surface area contributed by atoms with Crippen LogP contribution in [-0.2, 0) is 17.8 Å². The average Bonchev–Trinajstić information content (AvgIpc) is 2.74. The highest BCUT2D eigenvalue weighted by molar-refractivity contribution is 5.81. The Kier molecular flexibility index (Phi) is 5.57. The lowest BCUT2D eigenvalue weighted by atomic mass is 10.00. The van der Waals surface area contributed by atoms with E-state index in [1.807, 2.05) is 49.2 Å². The number of ether oxygens (including phenoxy) is 1. The second kappa shape index (κ2) is 8.27. The van der Waals surface area contributed by atoms with E-state index in [1.165, 1.54) is 11.1 Å². The van der Waals surface area contributed by atoms with Crippen LogP contribution in [0.25, 0.3) is 0 Å². The van der Waals surface area contributed by atoms with E-state index < -0.39 is 6.10 Å². The molecule has 2 aromatic rings. The van der Waals surface area contributed by atoms with Gasteiger partial charge in [0.25, 0.3) is 5.91 Å². The molecule has 0 bridgehead atoms. The Hall–Kier alpha value is -2.47. The Balaban J connectivity index is 1.51. The zero-order chi connectivity index (χ0) is 19.5. The molecular weight excluding hydrogens is 352 g/mol. The van der Waals surface area contributed by atoms with Crippen LogP contribution in [0.5, 0.6) is 5.75 Å². The SMILES string of the molecule is Cc1ccc(O[C@H](C)C(=O)N2CCCC[C@@H]2c2ncc3c(n2)CCNC3)cc1. The van der Waals surface area contributed by atoms with Crippen LogP contribution in [0, 0.1) is 6.92 Å². The molecule has 148 valence electrons. The van der Waals surface area contributed by atoms with E-state index in [2.05, 4.69) is 10.3 Å². The zero-order valence-electron chi connectivity index (χ0n) is 16.6. The van der Waals surface area contributed by atoms with Gasteiger partial charge in [0.15, 0.2) is 11.9 Å². The predicted octanol–water partition coefficient (Wildman–Crippen LogP) is 2.95. The number of hydrogen-bond donors (Lipinski definition) is 1. The minimum Gasteiger partial charge on any atom is -0.481 e. The first-order valence-corrected chi connectivity index (χ1v) is 10.2. The van der Waals surface area contributed by atoms with E-state index in [4.69, 9.17) is 9.72 Å². The first-order valence-electron chi connectivity index (χ1n) is 10.2. The van der Waals surface area contributed by atoms with Gasteiger partial charge in [-0.05, 0) is 45.2 Å². The third-order valence-electron chi connectivity index (χ3n) is 5.59. The average molecular weight is 380 g/mol. The van der Waals surface area contributed by atoms with Gasteiger partial charge in [0.1, 0.15) is 5.75 Å². The minimum atomic E-state index is -0.537. The molecule has 2 aliphatic heterocycles. The van der Waals surface area contributed by atoms with Gasteiger partial charge in [-0.3, -0.25) is 4.79 Å². The van der Waals surface area contributed by atoms with E-state index in [1.54, 1.807) is 0 Å². The number of nitrogens with zero attached hydrogens (tertiary/aromatic N) is 3. The smallest absolute Gasteiger partial charge is 0.263 e. The van der Waals surface area contributed by atoms with Crippen LogP contribution < -0.4 is 10.1 Å². The predicted molar refractivity (Wildman–Crippen MR) is 107 cm³/mol. The van der Waals surface area contributed by atoms with E-state index in [-0.39, 0.29) is 11.9 Å². The van der Waals surface area contributed by atoms with Crippen molar-refractivity contribution in [2.45, 2.75) is 58.2 Å². The Morgan fingerprint density at radius 2 is 2.11 bits per heavy atom. The van der Waals surface area contributed by atoms with Gasteiger partial charge in [0.05, 0.1) is 6.04 Å². The molecule has 1 aromatic carbocycles. The maximum Gasteiger partial charge on any atom is 0.263 e. The van der Waals surface area contributed by atoms with Crippen molar-refractivity contribution < 1.29 is 9.53 Å². The molecule has 4 rings (SSSR count). The van der Waals surface area contributed by atoms with Crippen LogP contribution >= 0.6 is 0 Å². The van der Waals surface area contributed by atoms with Crippen LogP contribution in [0.4, 0.5) is 0 Å². The van der Waals surface area contributed by atoms with Crippen LogP contribution in [0.15, 0.2) is 30.5 Å². The fourth-order valence-electron chi connectivity index (χ4n) is 3.98. The molecule has 2 aliphatic rings. The molecule has 1 aromatic heterocycles. The number of likely N-dealkylation sites (tertiary alicyclic amines) is 1. The minimum absolute atomic E-state index is 0.00765.